The van der Waals surface area contributed by atoms with Crippen LogP contribution in [0, 0.1) is 0 Å². The van der Waals surface area contributed by atoms with Gasteiger partial charge in [-0.2, -0.15) is 49.1 Å². The number of nitrogen functional groups attached to an aromatic ring is 2. The molecule has 29 heteroatoms. The molecule has 0 radical (unpaired) electrons. The Bertz CT molecular complexity index is 3680. The van der Waals surface area contributed by atoms with E-state index in [1.807, 2.05) is 0 Å². The number of amidine groups is 1. The SMILES string of the molecule is CC1=NN(c2cccc(N)c2)C(=O)C1N=Nc1ccc(C(=O)Nc2ccc(N=C([O-])Nc3ccc(NC(=O)c4ccc(N=NC5C(=O)N(c6cccc(N)c6)N=C5C)cc4)c(S(=O)(=O)O)c3)cc2S(=O)(=O)[O-])cc1.[Na+].[Na+]. The Kier molecular flexibility index (Phi) is 18.2. The zero-order valence-corrected chi connectivity index (χ0v) is 46.0. The number of nitrogens with two attached hydrogens (primary N) is 2. The number of hydrogen-bond donors (Lipinski definition) is 6. The molecule has 2 atom stereocenters. The Morgan fingerprint density at radius 3 is 1.47 bits per heavy atom. The van der Waals surface area contributed by atoms with Crippen LogP contribution in [0.1, 0.15) is 34.6 Å². The quantitative estimate of drug-likeness (QED) is 0.0204. The number of amides is 4. The van der Waals surface area contributed by atoms with Gasteiger partial charge in [-0.25, -0.2) is 13.4 Å². The number of rotatable bonds is 14. The van der Waals surface area contributed by atoms with Crippen molar-refractivity contribution >= 4 is 118 Å². The molecule has 0 aromatic heterocycles. The van der Waals surface area contributed by atoms with Gasteiger partial charge < -0.3 is 37.1 Å². The van der Waals surface area contributed by atoms with E-state index >= 15 is 0 Å². The second-order valence-corrected chi connectivity index (χ2v) is 18.8. The van der Waals surface area contributed by atoms with Crippen molar-refractivity contribution in [2.75, 3.05) is 37.4 Å². The van der Waals surface area contributed by atoms with Gasteiger partial charge in [-0.3, -0.25) is 23.7 Å². The molecule has 2 aliphatic rings. The largest absolute Gasteiger partial charge is 1.00 e. The number of hydrazone groups is 2. The van der Waals surface area contributed by atoms with Crippen LogP contribution in [0.5, 0.6) is 0 Å². The number of hydrogen-bond acceptors (Lipinski definition) is 19. The van der Waals surface area contributed by atoms with Gasteiger partial charge in [0.15, 0.2) is 12.1 Å². The summed E-state index contributed by atoms with van der Waals surface area (Å²) < 4.78 is 71.9. The summed E-state index contributed by atoms with van der Waals surface area (Å²) in [4.78, 5) is 54.4. The molecule has 0 bridgehead atoms. The van der Waals surface area contributed by atoms with E-state index in [1.165, 1.54) is 58.5 Å². The molecule has 8 N–H and O–H groups in total. The third-order valence-electron chi connectivity index (χ3n) is 10.7. The molecule has 0 saturated carbocycles. The first kappa shape index (κ1) is 57.7. The molecular weight excluding hydrogens is 1050 g/mol. The Morgan fingerprint density at radius 2 is 1.04 bits per heavy atom. The van der Waals surface area contributed by atoms with Gasteiger partial charge >= 0.3 is 59.1 Å². The molecule has 8 rings (SSSR count). The molecule has 0 aliphatic carbocycles. The summed E-state index contributed by atoms with van der Waals surface area (Å²) in [5, 5.41) is 47.3. The maximum absolute atomic E-state index is 13.2. The summed E-state index contributed by atoms with van der Waals surface area (Å²) in [7, 11) is -10.3. The molecule has 2 unspecified atom stereocenters. The first-order valence-electron chi connectivity index (χ1n) is 21.5. The average molecular weight is 1090 g/mol. The van der Waals surface area contributed by atoms with Gasteiger partial charge in [0.25, 0.3) is 33.7 Å². The van der Waals surface area contributed by atoms with E-state index in [4.69, 9.17) is 11.5 Å². The van der Waals surface area contributed by atoms with Crippen LogP contribution in [0.4, 0.5) is 56.9 Å². The van der Waals surface area contributed by atoms with Crippen LogP contribution >= 0.6 is 0 Å². The van der Waals surface area contributed by atoms with Crippen LogP contribution in [0.25, 0.3) is 0 Å². The number of carbonyl (C=O) groups is 4. The first-order valence-corrected chi connectivity index (χ1v) is 24.3. The van der Waals surface area contributed by atoms with Crippen LogP contribution in [-0.2, 0) is 29.8 Å². The first-order chi connectivity index (χ1) is 35.1. The summed E-state index contributed by atoms with van der Waals surface area (Å²) in [5.41, 5.74) is 13.3. The fraction of sp³-hybridized carbons (Fsp3) is 0.0851. The minimum atomic E-state index is -5.30. The summed E-state index contributed by atoms with van der Waals surface area (Å²) >= 11 is 0. The monoisotopic (exact) mass is 1080 g/mol. The van der Waals surface area contributed by atoms with Crippen molar-refractivity contribution in [1.29, 1.82) is 0 Å². The molecule has 2 heterocycles. The van der Waals surface area contributed by atoms with Crippen LogP contribution < -0.4 is 102 Å². The van der Waals surface area contributed by atoms with E-state index in [1.54, 1.807) is 62.4 Å². The zero-order chi connectivity index (χ0) is 53.1. The van der Waals surface area contributed by atoms with Crippen LogP contribution in [-0.4, -0.2) is 79.1 Å². The van der Waals surface area contributed by atoms with Gasteiger partial charge in [-0.1, -0.05) is 12.1 Å². The molecule has 4 amide bonds. The van der Waals surface area contributed by atoms with E-state index in [9.17, 15) is 50.2 Å². The van der Waals surface area contributed by atoms with E-state index in [0.29, 0.717) is 34.2 Å². The fourth-order valence-corrected chi connectivity index (χ4v) is 8.46. The smallest absolute Gasteiger partial charge is 0.846 e. The predicted molar refractivity (Wildman–Crippen MR) is 270 cm³/mol. The zero-order valence-electron chi connectivity index (χ0n) is 40.4. The van der Waals surface area contributed by atoms with Gasteiger partial charge in [0.1, 0.15) is 15.0 Å². The van der Waals surface area contributed by atoms with Crippen LogP contribution in [0.15, 0.2) is 179 Å². The Balaban J connectivity index is 0.00000469. The maximum atomic E-state index is 13.2. The number of benzene rings is 6. The summed E-state index contributed by atoms with van der Waals surface area (Å²) in [6.45, 7) is 3.23. The molecule has 376 valence electrons. The number of anilines is 7. The van der Waals surface area contributed by atoms with Crippen LogP contribution in [0.3, 0.4) is 0 Å². The van der Waals surface area contributed by atoms with Crippen molar-refractivity contribution in [2.24, 2.45) is 35.7 Å². The third kappa shape index (κ3) is 13.6. The molecule has 76 heavy (non-hydrogen) atoms. The van der Waals surface area contributed by atoms with E-state index in [0.717, 1.165) is 36.4 Å². The number of nitrogens with zero attached hydrogens (tertiary/aromatic N) is 9. The molecule has 0 spiro atoms. The van der Waals surface area contributed by atoms with Gasteiger partial charge in [-0.15, -0.1) is 0 Å². The maximum Gasteiger partial charge on any atom is 1.00 e. The fourth-order valence-electron chi connectivity index (χ4n) is 7.13. The number of azo groups is 2. The summed E-state index contributed by atoms with van der Waals surface area (Å²) in [5.74, 6) is -2.57. The Morgan fingerprint density at radius 1 is 0.605 bits per heavy atom. The van der Waals surface area contributed by atoms with Crippen molar-refractivity contribution in [2.45, 2.75) is 35.7 Å². The summed E-state index contributed by atoms with van der Waals surface area (Å²) in [6.07, 6.45) is 0. The normalized spacial score (nSPS) is 15.8. The average Bonchev–Trinajstić information content (AvgIpc) is 3.81. The minimum Gasteiger partial charge on any atom is -0.846 e. The summed E-state index contributed by atoms with van der Waals surface area (Å²) in [6, 6.07) is 26.8. The topological polar surface area (TPSA) is 384 Å². The Labute approximate surface area is 477 Å². The molecule has 6 aromatic rings. The van der Waals surface area contributed by atoms with E-state index in [-0.39, 0.29) is 98.7 Å². The minimum absolute atomic E-state index is 0. The predicted octanol–water partition coefficient (Wildman–Crippen LogP) is -0.276. The molecule has 2 aliphatic heterocycles. The van der Waals surface area contributed by atoms with E-state index in [2.05, 4.69) is 51.6 Å². The van der Waals surface area contributed by atoms with E-state index < -0.39 is 77.4 Å². The van der Waals surface area contributed by atoms with Crippen molar-refractivity contribution in [3.05, 3.63) is 145 Å². The molecule has 0 saturated heterocycles. The van der Waals surface area contributed by atoms with Gasteiger partial charge in [0.05, 0.1) is 62.2 Å². The standard InChI is InChI=1S/C47H40N14O11S2.2Na/c1-25-41(45(64)60(58-25)35-7-3-5-29(48)21-35)56-54-31-13-9-27(10-14-31)43(62)52-37-19-17-33(23-39(37)73(67,68)69)50-47(66)51-34-18-20-38(40(24-34)74(70,71)72)53-44(63)28-11-15-32(16-12-28)55-57-42-26(2)59-61(46(42)65)36-8-4-6-30(49)22-36;;/h3-24,41-42H,48-49H2,1-2H3,(H,52,62)(H,53,63)(H2,50,51,66)(H,67,68,69)(H,70,71,72);;/q;2*+1/p-2. The number of aliphatic imine (C=N–C) groups is 1. The second kappa shape index (κ2) is 24.0. The van der Waals surface area contributed by atoms with Crippen molar-refractivity contribution in [3.8, 4) is 0 Å². The van der Waals surface area contributed by atoms with Crippen molar-refractivity contribution in [3.63, 3.8) is 0 Å². The Hall–Kier alpha value is -7.57. The molecule has 25 nitrogen and oxygen atoms in total. The van der Waals surface area contributed by atoms with Crippen molar-refractivity contribution < 1.29 is 109 Å². The third-order valence-corrected chi connectivity index (χ3v) is 12.5. The molecule has 6 aromatic carbocycles. The second-order valence-electron chi connectivity index (χ2n) is 16.1. The number of carbonyl (C=O) groups excluding carboxylic acids is 4. The van der Waals surface area contributed by atoms with Gasteiger partial charge in [-0.05, 0) is 135 Å². The van der Waals surface area contributed by atoms with Gasteiger partial charge in [0, 0.05) is 28.2 Å². The van der Waals surface area contributed by atoms with Crippen molar-refractivity contribution in [1.82, 2.24) is 0 Å². The molecule has 0 fully saturated rings. The van der Waals surface area contributed by atoms with Crippen LogP contribution in [0.2, 0.25) is 0 Å². The van der Waals surface area contributed by atoms with Gasteiger partial charge in [0.2, 0.25) is 0 Å². The molecular formula is C47H38N14Na2O11S2. The number of nitrogens with one attached hydrogen (secondary N) is 3.